The Labute approximate surface area is 242 Å². The first-order valence-corrected chi connectivity index (χ1v) is 14.6. The maximum atomic E-state index is 13.6. The van der Waals surface area contributed by atoms with Gasteiger partial charge in [0.1, 0.15) is 6.61 Å². The monoisotopic (exact) mass is 569 g/mol. The molecule has 2 fully saturated rings. The van der Waals surface area contributed by atoms with E-state index in [1.54, 1.807) is 13.8 Å². The molecule has 218 valence electrons. The molecule has 40 heavy (non-hydrogen) atoms. The highest BCUT2D eigenvalue weighted by molar-refractivity contribution is 7.80. The number of alkyl carbamates (subject to hydrolysis) is 1. The van der Waals surface area contributed by atoms with Gasteiger partial charge < -0.3 is 19.7 Å². The Morgan fingerprint density at radius 2 is 1.70 bits per heavy atom. The number of carbonyl (C=O) groups is 2. The van der Waals surface area contributed by atoms with Crippen LogP contribution in [0.15, 0.2) is 18.2 Å². The fourth-order valence-electron chi connectivity index (χ4n) is 5.87. The minimum atomic E-state index is -0.689. The molecule has 2 aliphatic heterocycles. The molecule has 10 heteroatoms. The summed E-state index contributed by atoms with van der Waals surface area (Å²) in [6.45, 7) is 14.3. The number of rotatable bonds is 9. The lowest BCUT2D eigenvalue weighted by atomic mass is 9.92. The van der Waals surface area contributed by atoms with Gasteiger partial charge in [-0.15, -0.1) is 5.10 Å². The number of ether oxygens (including phenoxy) is 2. The van der Waals surface area contributed by atoms with Gasteiger partial charge in [-0.3, -0.25) is 15.2 Å². The Hall–Kier alpha value is -3.14. The van der Waals surface area contributed by atoms with Crippen molar-refractivity contribution >= 4 is 29.3 Å². The number of amides is 2. The topological polar surface area (TPSA) is 109 Å². The van der Waals surface area contributed by atoms with Crippen molar-refractivity contribution in [2.45, 2.75) is 98.3 Å². The predicted octanol–water partition coefficient (Wildman–Crippen LogP) is 5.36. The number of nitrogens with zero attached hydrogens (tertiary/aromatic N) is 2. The second-order valence-corrected chi connectivity index (χ2v) is 12.6. The van der Waals surface area contributed by atoms with E-state index in [0.717, 1.165) is 53.6 Å². The summed E-state index contributed by atoms with van der Waals surface area (Å²) < 4.78 is 11.4. The average Bonchev–Trinajstić information content (AvgIpc) is 3.58. The number of H-pyrrole nitrogens is 1. The van der Waals surface area contributed by atoms with Crippen LogP contribution >= 0.6 is 12.2 Å². The van der Waals surface area contributed by atoms with Crippen LogP contribution in [0, 0.1) is 19.3 Å². The van der Waals surface area contributed by atoms with Gasteiger partial charge in [-0.25, -0.2) is 4.79 Å². The smallest absolute Gasteiger partial charge is 0.413 e. The van der Waals surface area contributed by atoms with Gasteiger partial charge >= 0.3 is 6.09 Å². The standard InChI is InChI=1S/C30H43N5O4S/c1-17(2)39-29(37)32-28(40)31-15-20(5)24-25(21-13-18(3)12-19(4)14-21)33-34-26(24)38-16-30(6,7)27(36)35-22-8-9-23(35)11-10-22/h12-14,17,20,22-23H,8-11,15-16H2,1-7H3,(H,33,34)(H2,31,32,37,40)/t20-,22?,23?/m1/s1. The highest BCUT2D eigenvalue weighted by atomic mass is 32.1. The molecule has 2 amide bonds. The largest absolute Gasteiger partial charge is 0.475 e. The molecule has 0 spiro atoms. The fourth-order valence-corrected chi connectivity index (χ4v) is 6.04. The number of hydrogen-bond acceptors (Lipinski definition) is 6. The maximum Gasteiger partial charge on any atom is 0.413 e. The third-order valence-electron chi connectivity index (χ3n) is 7.74. The number of aryl methyl sites for hydroxylation is 2. The molecule has 2 aliphatic rings. The van der Waals surface area contributed by atoms with Crippen LogP contribution < -0.4 is 15.4 Å². The SMILES string of the molecule is Cc1cc(C)cc(-c2[nH]nc(OCC(C)(C)C(=O)N3C4CCC3CC4)c2[C@H](C)CNC(=S)NC(=O)OC(C)C)c1. The van der Waals surface area contributed by atoms with Crippen LogP contribution in [0.2, 0.25) is 0 Å². The summed E-state index contributed by atoms with van der Waals surface area (Å²) in [4.78, 5) is 27.6. The van der Waals surface area contributed by atoms with Crippen molar-refractivity contribution in [3.8, 4) is 17.1 Å². The summed E-state index contributed by atoms with van der Waals surface area (Å²) in [5.74, 6) is 0.522. The summed E-state index contributed by atoms with van der Waals surface area (Å²) in [7, 11) is 0. The second kappa shape index (κ2) is 12.2. The minimum Gasteiger partial charge on any atom is -0.475 e. The van der Waals surface area contributed by atoms with Crippen molar-refractivity contribution in [3.05, 3.63) is 34.9 Å². The number of aromatic amines is 1. The Morgan fingerprint density at radius 1 is 1.10 bits per heavy atom. The molecule has 2 saturated heterocycles. The van der Waals surface area contributed by atoms with Gasteiger partial charge in [-0.05, 0) is 91.6 Å². The van der Waals surface area contributed by atoms with Gasteiger partial charge in [0.2, 0.25) is 11.8 Å². The summed E-state index contributed by atoms with van der Waals surface area (Å²) in [6.07, 6.45) is 3.57. The van der Waals surface area contributed by atoms with Crippen molar-refractivity contribution in [2.24, 2.45) is 5.41 Å². The molecular weight excluding hydrogens is 526 g/mol. The second-order valence-electron chi connectivity index (χ2n) is 12.2. The molecule has 3 heterocycles. The molecule has 2 aromatic rings. The van der Waals surface area contributed by atoms with E-state index in [-0.39, 0.29) is 29.6 Å². The third-order valence-corrected chi connectivity index (χ3v) is 7.98. The molecule has 2 bridgehead atoms. The zero-order valence-corrected chi connectivity index (χ0v) is 25.5. The van der Waals surface area contributed by atoms with Gasteiger partial charge in [0.05, 0.1) is 17.2 Å². The van der Waals surface area contributed by atoms with Crippen molar-refractivity contribution in [1.82, 2.24) is 25.7 Å². The lowest BCUT2D eigenvalue weighted by Crippen LogP contribution is -2.46. The molecule has 1 aromatic heterocycles. The van der Waals surface area contributed by atoms with E-state index in [4.69, 9.17) is 21.7 Å². The highest BCUT2D eigenvalue weighted by Gasteiger charge is 2.46. The van der Waals surface area contributed by atoms with Gasteiger partial charge in [-0.2, -0.15) is 0 Å². The van der Waals surface area contributed by atoms with E-state index in [9.17, 15) is 9.59 Å². The zero-order valence-electron chi connectivity index (χ0n) is 24.7. The first-order chi connectivity index (χ1) is 18.9. The molecule has 0 unspecified atom stereocenters. The molecule has 9 nitrogen and oxygen atoms in total. The Morgan fingerprint density at radius 3 is 2.27 bits per heavy atom. The van der Waals surface area contributed by atoms with Crippen molar-refractivity contribution in [1.29, 1.82) is 0 Å². The quantitative estimate of drug-likeness (QED) is 0.349. The van der Waals surface area contributed by atoms with E-state index in [0.29, 0.717) is 24.5 Å². The number of carbonyl (C=O) groups excluding carboxylic acids is 2. The first-order valence-electron chi connectivity index (χ1n) is 14.2. The van der Waals surface area contributed by atoms with E-state index in [2.05, 4.69) is 57.8 Å². The maximum absolute atomic E-state index is 13.6. The van der Waals surface area contributed by atoms with Crippen LogP contribution in [0.25, 0.3) is 11.3 Å². The molecule has 1 aromatic carbocycles. The lowest BCUT2D eigenvalue weighted by Gasteiger charge is -2.32. The molecule has 0 radical (unpaired) electrons. The van der Waals surface area contributed by atoms with E-state index in [1.165, 1.54) is 0 Å². The molecule has 0 saturated carbocycles. The van der Waals surface area contributed by atoms with Crippen LogP contribution in [0.4, 0.5) is 4.79 Å². The van der Waals surface area contributed by atoms with E-state index in [1.807, 2.05) is 20.8 Å². The number of fused-ring (bicyclic) bond motifs is 2. The van der Waals surface area contributed by atoms with Crippen LogP contribution in [0.1, 0.15) is 82.9 Å². The van der Waals surface area contributed by atoms with Gasteiger partial charge in [-0.1, -0.05) is 24.1 Å². The van der Waals surface area contributed by atoms with Gasteiger partial charge in [0.15, 0.2) is 5.11 Å². The van der Waals surface area contributed by atoms with E-state index >= 15 is 0 Å². The van der Waals surface area contributed by atoms with Crippen LogP contribution in [0.5, 0.6) is 5.88 Å². The van der Waals surface area contributed by atoms with Crippen LogP contribution in [-0.4, -0.2) is 63.5 Å². The van der Waals surface area contributed by atoms with Crippen molar-refractivity contribution in [3.63, 3.8) is 0 Å². The summed E-state index contributed by atoms with van der Waals surface area (Å²) in [5.41, 5.74) is 4.34. The molecule has 1 atom stereocenters. The lowest BCUT2D eigenvalue weighted by molar-refractivity contribution is -0.143. The van der Waals surface area contributed by atoms with Crippen molar-refractivity contribution in [2.75, 3.05) is 13.2 Å². The molecular formula is C30H43N5O4S. The predicted molar refractivity (Wildman–Crippen MR) is 159 cm³/mol. The molecule has 3 N–H and O–H groups in total. The highest BCUT2D eigenvalue weighted by Crippen LogP contribution is 2.41. The number of benzene rings is 1. The summed E-state index contributed by atoms with van der Waals surface area (Å²) in [5, 5.41) is 13.6. The Kier molecular flexibility index (Phi) is 9.07. The molecule has 4 rings (SSSR count). The first kappa shape index (κ1) is 29.8. The number of aromatic nitrogens is 2. The number of nitrogens with one attached hydrogen (secondary N) is 3. The average molecular weight is 570 g/mol. The Bertz CT molecular complexity index is 1220. The normalized spacial score (nSPS) is 19.1. The molecule has 0 aliphatic carbocycles. The number of thiocarbonyl (C=S) groups is 1. The Balaban J connectivity index is 1.52. The van der Waals surface area contributed by atoms with E-state index < -0.39 is 11.5 Å². The van der Waals surface area contributed by atoms with Gasteiger partial charge in [0, 0.05) is 35.7 Å². The van der Waals surface area contributed by atoms with Crippen LogP contribution in [-0.2, 0) is 9.53 Å². The third kappa shape index (κ3) is 6.77. The zero-order chi connectivity index (χ0) is 29.2. The summed E-state index contributed by atoms with van der Waals surface area (Å²) in [6, 6.07) is 7.09. The number of hydrogen-bond donors (Lipinski definition) is 3. The van der Waals surface area contributed by atoms with Gasteiger partial charge in [0.25, 0.3) is 0 Å². The minimum absolute atomic E-state index is 0.0984. The van der Waals surface area contributed by atoms with Crippen molar-refractivity contribution < 1.29 is 19.1 Å². The fraction of sp³-hybridized carbons (Fsp3) is 0.600. The summed E-state index contributed by atoms with van der Waals surface area (Å²) >= 11 is 5.31. The van der Waals surface area contributed by atoms with Crippen LogP contribution in [0.3, 0.4) is 0 Å².